The molecule has 0 aliphatic heterocycles. The smallest absolute Gasteiger partial charge is 0.230 e. The number of alkyl halides is 10. The van der Waals surface area contributed by atoms with Crippen molar-refractivity contribution in [2.45, 2.75) is 47.1 Å². The van der Waals surface area contributed by atoms with Crippen LogP contribution in [0, 0.1) is 5.92 Å². The molecule has 1 rings (SSSR count). The molecule has 0 aromatic carbocycles. The standard InChI is InChI=1S/C9H8F9I/c1-3(4(2)19)5(10)6(11,12)8(15,16)9(17,18)7(5,13)14/h3-4H,1-2H3. The van der Waals surface area contributed by atoms with E-state index in [9.17, 15) is 39.5 Å². The SMILES string of the molecule is CC(I)C(C)C1(F)C(F)(F)C(F)(F)C(F)(F)C1(F)F. The minimum atomic E-state index is -6.47. The van der Waals surface area contributed by atoms with Gasteiger partial charge in [-0.2, -0.15) is 35.1 Å². The van der Waals surface area contributed by atoms with Gasteiger partial charge in [0.05, 0.1) is 0 Å². The molecule has 19 heavy (non-hydrogen) atoms. The summed E-state index contributed by atoms with van der Waals surface area (Å²) in [5, 5.41) is 0. The van der Waals surface area contributed by atoms with E-state index in [1.165, 1.54) is 22.6 Å². The maximum Gasteiger partial charge on any atom is 0.381 e. The first-order valence-electron chi connectivity index (χ1n) is 4.95. The molecule has 0 saturated heterocycles. The quantitative estimate of drug-likeness (QED) is 0.349. The summed E-state index contributed by atoms with van der Waals surface area (Å²) in [6.45, 7) is 1.45. The molecule has 0 aromatic rings. The number of hydrogen-bond acceptors (Lipinski definition) is 0. The minimum Gasteiger partial charge on any atom is -0.230 e. The van der Waals surface area contributed by atoms with Gasteiger partial charge < -0.3 is 0 Å². The van der Waals surface area contributed by atoms with Crippen LogP contribution in [0.15, 0.2) is 0 Å². The van der Waals surface area contributed by atoms with Gasteiger partial charge in [-0.05, 0) is 0 Å². The van der Waals surface area contributed by atoms with Gasteiger partial charge in [-0.1, -0.05) is 36.4 Å². The van der Waals surface area contributed by atoms with Gasteiger partial charge in [0, 0.05) is 9.84 Å². The van der Waals surface area contributed by atoms with Crippen LogP contribution in [0.4, 0.5) is 39.5 Å². The maximum absolute atomic E-state index is 14.0. The molecular weight excluding hydrogens is 406 g/mol. The molecule has 114 valence electrons. The minimum absolute atomic E-state index is 0.469. The van der Waals surface area contributed by atoms with Gasteiger partial charge in [0.15, 0.2) is 0 Å². The topological polar surface area (TPSA) is 0 Å². The van der Waals surface area contributed by atoms with Crippen LogP contribution < -0.4 is 0 Å². The Hall–Kier alpha value is 0.1000. The van der Waals surface area contributed by atoms with E-state index in [2.05, 4.69) is 0 Å². The Morgan fingerprint density at radius 3 is 1.11 bits per heavy atom. The van der Waals surface area contributed by atoms with Crippen molar-refractivity contribution in [3.63, 3.8) is 0 Å². The Labute approximate surface area is 115 Å². The molecule has 2 unspecified atom stereocenters. The Balaban J connectivity index is 3.65. The highest BCUT2D eigenvalue weighted by molar-refractivity contribution is 14.1. The van der Waals surface area contributed by atoms with Crippen LogP contribution in [0.2, 0.25) is 0 Å². The van der Waals surface area contributed by atoms with Crippen LogP contribution in [0.25, 0.3) is 0 Å². The van der Waals surface area contributed by atoms with Crippen molar-refractivity contribution in [1.82, 2.24) is 0 Å². The molecule has 1 aliphatic carbocycles. The Morgan fingerprint density at radius 2 is 0.895 bits per heavy atom. The molecule has 1 aliphatic rings. The molecule has 10 heteroatoms. The summed E-state index contributed by atoms with van der Waals surface area (Å²) in [7, 11) is 0. The average Bonchev–Trinajstić information content (AvgIpc) is 2.28. The van der Waals surface area contributed by atoms with Crippen LogP contribution in [0.5, 0.6) is 0 Å². The molecule has 0 heterocycles. The van der Waals surface area contributed by atoms with E-state index in [1.807, 2.05) is 0 Å². The average molecular weight is 414 g/mol. The molecule has 0 aromatic heterocycles. The second kappa shape index (κ2) is 4.06. The third-order valence-corrected chi connectivity index (χ3v) is 4.49. The monoisotopic (exact) mass is 414 g/mol. The second-order valence-corrected chi connectivity index (χ2v) is 6.44. The number of rotatable bonds is 2. The fraction of sp³-hybridized carbons (Fsp3) is 1.00. The first-order chi connectivity index (χ1) is 8.10. The van der Waals surface area contributed by atoms with Gasteiger partial charge in [-0.15, -0.1) is 0 Å². The largest absolute Gasteiger partial charge is 0.381 e. The predicted octanol–water partition coefficient (Wildman–Crippen LogP) is 4.71. The maximum atomic E-state index is 14.0. The zero-order valence-electron chi connectivity index (χ0n) is 9.43. The molecule has 0 N–H and O–H groups in total. The van der Waals surface area contributed by atoms with Crippen molar-refractivity contribution in [2.24, 2.45) is 5.92 Å². The van der Waals surface area contributed by atoms with Crippen molar-refractivity contribution >= 4 is 22.6 Å². The van der Waals surface area contributed by atoms with E-state index >= 15 is 0 Å². The highest BCUT2D eigenvalue weighted by Crippen LogP contribution is 2.71. The number of halogens is 10. The van der Waals surface area contributed by atoms with E-state index in [4.69, 9.17) is 0 Å². The highest BCUT2D eigenvalue weighted by Gasteiger charge is 3.01. The molecule has 2 atom stereocenters. The zero-order valence-corrected chi connectivity index (χ0v) is 11.6. The molecule has 0 nitrogen and oxygen atoms in total. The van der Waals surface area contributed by atoms with Crippen LogP contribution in [0.1, 0.15) is 13.8 Å². The lowest BCUT2D eigenvalue weighted by atomic mass is 9.82. The van der Waals surface area contributed by atoms with Crippen molar-refractivity contribution in [3.8, 4) is 0 Å². The molecule has 1 fully saturated rings. The third kappa shape index (κ3) is 1.55. The van der Waals surface area contributed by atoms with E-state index in [-0.39, 0.29) is 0 Å². The summed E-state index contributed by atoms with van der Waals surface area (Å²) >= 11 is 1.23. The Bertz CT molecular complexity index is 350. The van der Waals surface area contributed by atoms with Gasteiger partial charge >= 0.3 is 23.7 Å². The lowest BCUT2D eigenvalue weighted by molar-refractivity contribution is -0.303. The van der Waals surface area contributed by atoms with Crippen molar-refractivity contribution in [2.75, 3.05) is 0 Å². The Morgan fingerprint density at radius 1 is 0.632 bits per heavy atom. The molecule has 0 amide bonds. The van der Waals surface area contributed by atoms with Gasteiger partial charge in [0.25, 0.3) is 5.67 Å². The molecular formula is C9H8F9I. The van der Waals surface area contributed by atoms with Gasteiger partial charge in [-0.25, -0.2) is 4.39 Å². The van der Waals surface area contributed by atoms with E-state index < -0.39 is 39.2 Å². The van der Waals surface area contributed by atoms with Crippen LogP contribution in [-0.4, -0.2) is 33.3 Å². The summed E-state index contributed by atoms with van der Waals surface area (Å²) in [5.41, 5.74) is -5.34. The summed E-state index contributed by atoms with van der Waals surface area (Å²) < 4.78 is 117. The van der Waals surface area contributed by atoms with E-state index in [0.29, 0.717) is 6.92 Å². The van der Waals surface area contributed by atoms with Gasteiger partial charge in [0.1, 0.15) is 0 Å². The number of hydrogen-bond donors (Lipinski definition) is 0. The summed E-state index contributed by atoms with van der Waals surface area (Å²) in [6.07, 6.45) is 0. The lowest BCUT2D eigenvalue weighted by Gasteiger charge is -2.37. The fourth-order valence-corrected chi connectivity index (χ4v) is 2.43. The van der Waals surface area contributed by atoms with Crippen LogP contribution >= 0.6 is 22.6 Å². The molecule has 0 spiro atoms. The third-order valence-electron chi connectivity index (χ3n) is 3.41. The normalized spacial score (nSPS) is 32.8. The van der Waals surface area contributed by atoms with E-state index in [1.54, 1.807) is 0 Å². The Kier molecular flexibility index (Phi) is 3.67. The lowest BCUT2D eigenvalue weighted by Crippen LogP contribution is -2.60. The van der Waals surface area contributed by atoms with Crippen LogP contribution in [0.3, 0.4) is 0 Å². The first kappa shape index (κ1) is 17.2. The highest BCUT2D eigenvalue weighted by atomic mass is 127. The summed E-state index contributed by atoms with van der Waals surface area (Å²) in [6, 6.07) is 0. The summed E-state index contributed by atoms with van der Waals surface area (Å²) in [5.74, 6) is -27.7. The molecule has 0 bridgehead atoms. The van der Waals surface area contributed by atoms with E-state index in [0.717, 1.165) is 6.92 Å². The van der Waals surface area contributed by atoms with Crippen LogP contribution in [-0.2, 0) is 0 Å². The molecule has 0 radical (unpaired) electrons. The van der Waals surface area contributed by atoms with Gasteiger partial charge in [0.2, 0.25) is 0 Å². The first-order valence-corrected chi connectivity index (χ1v) is 6.19. The molecule has 1 saturated carbocycles. The summed E-state index contributed by atoms with van der Waals surface area (Å²) in [4.78, 5) is 0. The zero-order chi connectivity index (χ0) is 15.7. The van der Waals surface area contributed by atoms with Gasteiger partial charge in [-0.3, -0.25) is 0 Å². The van der Waals surface area contributed by atoms with Crippen molar-refractivity contribution in [3.05, 3.63) is 0 Å². The van der Waals surface area contributed by atoms with Crippen molar-refractivity contribution in [1.29, 1.82) is 0 Å². The fourth-order valence-electron chi connectivity index (χ4n) is 1.94. The second-order valence-electron chi connectivity index (χ2n) is 4.48. The van der Waals surface area contributed by atoms with Crippen molar-refractivity contribution < 1.29 is 39.5 Å². The predicted molar refractivity (Wildman–Crippen MR) is 56.3 cm³/mol.